The van der Waals surface area contributed by atoms with E-state index in [4.69, 9.17) is 5.73 Å². The minimum absolute atomic E-state index is 0.0418. The van der Waals surface area contributed by atoms with E-state index in [0.29, 0.717) is 6.54 Å². The summed E-state index contributed by atoms with van der Waals surface area (Å²) in [4.78, 5) is 11.8. The monoisotopic (exact) mass is 184 g/mol. The lowest BCUT2D eigenvalue weighted by Crippen LogP contribution is -2.03. The predicted octanol–water partition coefficient (Wildman–Crippen LogP) is 1.47. The summed E-state index contributed by atoms with van der Waals surface area (Å²) in [7, 11) is 0. The van der Waals surface area contributed by atoms with Gasteiger partial charge in [-0.25, -0.2) is 0 Å². The molecule has 1 aromatic rings. The van der Waals surface area contributed by atoms with Crippen LogP contribution >= 0.6 is 11.3 Å². The van der Waals surface area contributed by atoms with Crippen LogP contribution in [0.1, 0.15) is 17.4 Å². The molecule has 4 heteroatoms. The van der Waals surface area contributed by atoms with E-state index >= 15 is 0 Å². The Morgan fingerprint density at radius 2 is 2.42 bits per heavy atom. The molecule has 1 rings (SSSR count). The molecular formula is C8H12N2OS. The highest BCUT2D eigenvalue weighted by Crippen LogP contribution is 2.25. The lowest BCUT2D eigenvalue weighted by Gasteiger charge is -1.93. The Morgan fingerprint density at radius 1 is 1.75 bits per heavy atom. The minimum atomic E-state index is -0.0418. The van der Waals surface area contributed by atoms with Crippen LogP contribution < -0.4 is 11.1 Å². The minimum Gasteiger partial charge on any atom is -0.326 e. The third-order valence-electron chi connectivity index (χ3n) is 1.51. The van der Waals surface area contributed by atoms with Gasteiger partial charge in [0.2, 0.25) is 5.91 Å². The van der Waals surface area contributed by atoms with Crippen molar-refractivity contribution in [1.29, 1.82) is 0 Å². The number of nitrogens with two attached hydrogens (primary N) is 1. The van der Waals surface area contributed by atoms with Gasteiger partial charge in [0.25, 0.3) is 0 Å². The van der Waals surface area contributed by atoms with Gasteiger partial charge in [-0.15, -0.1) is 11.3 Å². The molecule has 0 atom stereocenters. The van der Waals surface area contributed by atoms with E-state index in [9.17, 15) is 4.79 Å². The molecule has 0 saturated carbocycles. The van der Waals surface area contributed by atoms with E-state index in [-0.39, 0.29) is 5.91 Å². The van der Waals surface area contributed by atoms with Gasteiger partial charge in [0.05, 0.1) is 5.00 Å². The topological polar surface area (TPSA) is 55.1 Å². The van der Waals surface area contributed by atoms with Crippen LogP contribution in [-0.2, 0) is 11.3 Å². The maximum atomic E-state index is 10.7. The molecule has 0 saturated heterocycles. The normalized spacial score (nSPS) is 9.92. The summed E-state index contributed by atoms with van der Waals surface area (Å²) in [5.41, 5.74) is 6.64. The van der Waals surface area contributed by atoms with Gasteiger partial charge in [0.1, 0.15) is 0 Å². The van der Waals surface area contributed by atoms with E-state index in [1.54, 1.807) is 0 Å². The van der Waals surface area contributed by atoms with Crippen molar-refractivity contribution < 1.29 is 4.79 Å². The van der Waals surface area contributed by atoms with Crippen molar-refractivity contribution in [2.45, 2.75) is 20.4 Å². The van der Waals surface area contributed by atoms with Gasteiger partial charge in [-0.3, -0.25) is 4.79 Å². The Labute approximate surface area is 75.6 Å². The SMILES string of the molecule is CC(=O)Nc1cc(C)c(CN)s1. The van der Waals surface area contributed by atoms with E-state index in [1.807, 2.05) is 13.0 Å². The van der Waals surface area contributed by atoms with Gasteiger partial charge in [0, 0.05) is 18.3 Å². The van der Waals surface area contributed by atoms with E-state index in [1.165, 1.54) is 18.3 Å². The summed E-state index contributed by atoms with van der Waals surface area (Å²) in [5.74, 6) is -0.0418. The number of anilines is 1. The van der Waals surface area contributed by atoms with E-state index in [2.05, 4.69) is 5.32 Å². The van der Waals surface area contributed by atoms with Gasteiger partial charge >= 0.3 is 0 Å². The summed E-state index contributed by atoms with van der Waals surface area (Å²) in [6.07, 6.45) is 0. The van der Waals surface area contributed by atoms with E-state index in [0.717, 1.165) is 15.4 Å². The van der Waals surface area contributed by atoms with Crippen LogP contribution in [-0.4, -0.2) is 5.91 Å². The third-order valence-corrected chi connectivity index (χ3v) is 2.68. The summed E-state index contributed by atoms with van der Waals surface area (Å²) in [5, 5.41) is 3.60. The number of aryl methyl sites for hydroxylation is 1. The number of hydrogen-bond acceptors (Lipinski definition) is 3. The first-order valence-corrected chi connectivity index (χ1v) is 4.52. The highest BCUT2D eigenvalue weighted by Gasteiger charge is 2.04. The summed E-state index contributed by atoms with van der Waals surface area (Å²) < 4.78 is 0. The molecule has 3 N–H and O–H groups in total. The first-order chi connectivity index (χ1) is 5.63. The smallest absolute Gasteiger partial charge is 0.221 e. The van der Waals surface area contributed by atoms with Crippen molar-refractivity contribution in [1.82, 2.24) is 0 Å². The number of rotatable bonds is 2. The summed E-state index contributed by atoms with van der Waals surface area (Å²) in [6.45, 7) is 4.03. The van der Waals surface area contributed by atoms with Gasteiger partial charge in [-0.2, -0.15) is 0 Å². The van der Waals surface area contributed by atoms with Crippen LogP contribution in [0, 0.1) is 6.92 Å². The molecule has 0 aliphatic heterocycles. The first kappa shape index (κ1) is 9.22. The zero-order chi connectivity index (χ0) is 9.14. The molecule has 1 amide bonds. The Balaban J connectivity index is 2.82. The average molecular weight is 184 g/mol. The molecule has 0 radical (unpaired) electrons. The number of carbonyl (C=O) groups excluding carboxylic acids is 1. The van der Waals surface area contributed by atoms with Crippen molar-refractivity contribution in [2.24, 2.45) is 5.73 Å². The molecular weight excluding hydrogens is 172 g/mol. The second-order valence-corrected chi connectivity index (χ2v) is 3.74. The fraction of sp³-hybridized carbons (Fsp3) is 0.375. The molecule has 0 aliphatic carbocycles. The Hall–Kier alpha value is -0.870. The number of nitrogens with one attached hydrogen (secondary N) is 1. The predicted molar refractivity (Wildman–Crippen MR) is 51.3 cm³/mol. The molecule has 0 aromatic carbocycles. The van der Waals surface area contributed by atoms with Gasteiger partial charge < -0.3 is 11.1 Å². The van der Waals surface area contributed by atoms with Gasteiger partial charge in [-0.1, -0.05) is 0 Å². The number of thiophene rings is 1. The lowest BCUT2D eigenvalue weighted by molar-refractivity contribution is -0.114. The first-order valence-electron chi connectivity index (χ1n) is 3.70. The fourth-order valence-electron chi connectivity index (χ4n) is 0.958. The van der Waals surface area contributed by atoms with Crippen molar-refractivity contribution in [3.63, 3.8) is 0 Å². The van der Waals surface area contributed by atoms with Crippen LogP contribution in [0.15, 0.2) is 6.07 Å². The molecule has 0 aliphatic rings. The summed E-state index contributed by atoms with van der Waals surface area (Å²) >= 11 is 1.53. The number of hydrogen-bond donors (Lipinski definition) is 2. The van der Waals surface area contributed by atoms with Crippen LogP contribution in [0.2, 0.25) is 0 Å². The number of carbonyl (C=O) groups is 1. The van der Waals surface area contributed by atoms with Gasteiger partial charge in [0.15, 0.2) is 0 Å². The molecule has 0 fully saturated rings. The van der Waals surface area contributed by atoms with Crippen LogP contribution in [0.4, 0.5) is 5.00 Å². The van der Waals surface area contributed by atoms with Crippen molar-refractivity contribution in [3.8, 4) is 0 Å². The highest BCUT2D eigenvalue weighted by molar-refractivity contribution is 7.16. The van der Waals surface area contributed by atoms with Crippen molar-refractivity contribution in [3.05, 3.63) is 16.5 Å². The molecule has 1 heterocycles. The zero-order valence-corrected chi connectivity index (χ0v) is 7.99. The highest BCUT2D eigenvalue weighted by atomic mass is 32.1. The standard InChI is InChI=1S/C8H12N2OS/c1-5-3-8(10-6(2)11)12-7(5)4-9/h3H,4,9H2,1-2H3,(H,10,11). The van der Waals surface area contributed by atoms with Gasteiger partial charge in [-0.05, 0) is 18.6 Å². The van der Waals surface area contributed by atoms with Crippen LogP contribution in [0.5, 0.6) is 0 Å². The quantitative estimate of drug-likeness (QED) is 0.731. The van der Waals surface area contributed by atoms with Crippen LogP contribution in [0.3, 0.4) is 0 Å². The molecule has 66 valence electrons. The second kappa shape index (κ2) is 3.69. The Bertz CT molecular complexity index is 293. The number of amides is 1. The second-order valence-electron chi connectivity index (χ2n) is 2.60. The molecule has 12 heavy (non-hydrogen) atoms. The fourth-order valence-corrected chi connectivity index (χ4v) is 1.96. The van der Waals surface area contributed by atoms with E-state index < -0.39 is 0 Å². The Kier molecular flexibility index (Phi) is 2.83. The zero-order valence-electron chi connectivity index (χ0n) is 7.18. The lowest BCUT2D eigenvalue weighted by atomic mass is 10.3. The van der Waals surface area contributed by atoms with Crippen LogP contribution in [0.25, 0.3) is 0 Å². The molecule has 0 bridgehead atoms. The Morgan fingerprint density at radius 3 is 2.83 bits per heavy atom. The molecule has 1 aromatic heterocycles. The third kappa shape index (κ3) is 2.06. The maximum absolute atomic E-state index is 10.7. The molecule has 0 unspecified atom stereocenters. The average Bonchev–Trinajstić information content (AvgIpc) is 2.29. The maximum Gasteiger partial charge on any atom is 0.221 e. The van der Waals surface area contributed by atoms with Crippen molar-refractivity contribution in [2.75, 3.05) is 5.32 Å². The van der Waals surface area contributed by atoms with Crippen molar-refractivity contribution >= 4 is 22.2 Å². The summed E-state index contributed by atoms with van der Waals surface area (Å²) in [6, 6.07) is 1.94. The molecule has 0 spiro atoms. The molecule has 3 nitrogen and oxygen atoms in total. The largest absolute Gasteiger partial charge is 0.326 e.